The van der Waals surface area contributed by atoms with Crippen molar-refractivity contribution < 1.29 is 82.3 Å². The van der Waals surface area contributed by atoms with Crippen LogP contribution in [0.15, 0.2) is 154 Å². The Kier molecular flexibility index (Phi) is 15.9. The van der Waals surface area contributed by atoms with E-state index >= 15 is 13.2 Å². The second-order valence-electron chi connectivity index (χ2n) is 21.8. The van der Waals surface area contributed by atoms with Gasteiger partial charge in [0, 0.05) is 14.7 Å². The van der Waals surface area contributed by atoms with E-state index < -0.39 is 78.4 Å². The normalized spacial score (nSPS) is 13.7. The van der Waals surface area contributed by atoms with Gasteiger partial charge in [0.2, 0.25) is 0 Å². The Labute approximate surface area is 452 Å². The van der Waals surface area contributed by atoms with Crippen LogP contribution in [0.5, 0.6) is 23.0 Å². The minimum atomic E-state index is -6.53. The third-order valence-corrected chi connectivity index (χ3v) is 16.0. The quantitative estimate of drug-likeness (QED) is 0.0515. The number of halogens is 3. The molecule has 0 aliphatic heterocycles. The highest BCUT2D eigenvalue weighted by Crippen LogP contribution is 2.72. The van der Waals surface area contributed by atoms with E-state index in [4.69, 9.17) is 41.5 Å². The number of hydrogen-bond donors (Lipinski definition) is 0. The Hall–Kier alpha value is -7.55. The molecular weight excluding hydrogens is 1060 g/mol. The molecular formula is C58H59F3O15S2. The zero-order valence-electron chi connectivity index (χ0n) is 44.9. The predicted octanol–water partition coefficient (Wildman–Crippen LogP) is 15.4. The lowest BCUT2D eigenvalue weighted by Gasteiger charge is -2.41. The Bertz CT molecular complexity index is 3170. The van der Waals surface area contributed by atoms with Gasteiger partial charge in [0.15, 0.2) is 0 Å². The number of alkyl halides is 3. The Balaban J connectivity index is 1.52. The molecule has 0 aromatic heterocycles. The van der Waals surface area contributed by atoms with Crippen molar-refractivity contribution in [3.8, 4) is 34.1 Å². The van der Waals surface area contributed by atoms with Crippen LogP contribution < -0.4 is 18.9 Å². The molecule has 20 heteroatoms. The van der Waals surface area contributed by atoms with Gasteiger partial charge >= 0.3 is 40.2 Å². The van der Waals surface area contributed by atoms with E-state index in [9.17, 15) is 27.6 Å². The van der Waals surface area contributed by atoms with Crippen molar-refractivity contribution in [1.82, 2.24) is 0 Å². The van der Waals surface area contributed by atoms with Crippen LogP contribution in [-0.2, 0) is 38.1 Å². The van der Waals surface area contributed by atoms with Crippen LogP contribution in [0.4, 0.5) is 32.3 Å². The van der Waals surface area contributed by atoms with Gasteiger partial charge in [-0.3, -0.25) is 0 Å². The van der Waals surface area contributed by atoms with Crippen LogP contribution in [0.25, 0.3) is 11.1 Å². The number of fused-ring (bicyclic) bond motifs is 3. The fraction of sp³-hybridized carbons (Fsp3) is 0.310. The molecule has 0 fully saturated rings. The summed E-state index contributed by atoms with van der Waals surface area (Å²) in [6, 6.07) is 35.1. The molecule has 0 N–H and O–H groups in total. The van der Waals surface area contributed by atoms with Crippen LogP contribution >= 0.6 is 10.3 Å². The lowest BCUT2D eigenvalue weighted by atomic mass is 9.67. The fourth-order valence-corrected chi connectivity index (χ4v) is 13.1. The average molecular weight is 1120 g/mol. The number of ether oxygens (including phenoxy) is 8. The van der Waals surface area contributed by atoms with E-state index in [1.807, 2.05) is 12.1 Å². The summed E-state index contributed by atoms with van der Waals surface area (Å²) >= 11 is 0. The molecule has 0 radical (unpaired) electrons. The average Bonchev–Trinajstić information content (AvgIpc) is 3.78. The summed E-state index contributed by atoms with van der Waals surface area (Å²) in [6.07, 6.45) is -4.11. The SMILES string of the molecule is CC(C)(C)OC(=O)Oc1ccc(C2(c3ccc(OC(=O)OC(C)(C)C)cc3)c3ccccc3-c3ccc(S(OS(=O)(=O)C(F)(F)F)(c4ccc(OC(=O)OC(C)(C)C)cc4)c4ccc(OC(=O)OC(C)(C)C)cc4)cc32)cc1. The number of hydrogen-bond acceptors (Lipinski definition) is 15. The fourth-order valence-electron chi connectivity index (χ4n) is 8.34. The summed E-state index contributed by atoms with van der Waals surface area (Å²) in [4.78, 5) is 51.0. The Morgan fingerprint density at radius 3 is 1.04 bits per heavy atom. The van der Waals surface area contributed by atoms with Crippen molar-refractivity contribution in [2.75, 3.05) is 0 Å². The van der Waals surface area contributed by atoms with Gasteiger partial charge in [-0.05, 0) is 212 Å². The van der Waals surface area contributed by atoms with Crippen LogP contribution in [0, 0.1) is 0 Å². The van der Waals surface area contributed by atoms with Crippen molar-refractivity contribution in [1.29, 1.82) is 0 Å². The third-order valence-electron chi connectivity index (χ3n) is 11.1. The van der Waals surface area contributed by atoms with Crippen molar-refractivity contribution in [3.05, 3.63) is 162 Å². The minimum Gasteiger partial charge on any atom is -0.428 e. The van der Waals surface area contributed by atoms with Crippen LogP contribution in [0.3, 0.4) is 0 Å². The first kappa shape index (κ1) is 58.1. The number of carbonyl (C=O) groups is 4. The zero-order chi connectivity index (χ0) is 57.4. The first-order valence-electron chi connectivity index (χ1n) is 24.2. The molecule has 7 rings (SSSR count). The maximum Gasteiger partial charge on any atom is 0.524 e. The molecule has 0 bridgehead atoms. The van der Waals surface area contributed by atoms with E-state index in [-0.39, 0.29) is 37.7 Å². The molecule has 0 spiro atoms. The van der Waals surface area contributed by atoms with Crippen molar-refractivity contribution in [3.63, 3.8) is 0 Å². The molecule has 0 saturated heterocycles. The van der Waals surface area contributed by atoms with Gasteiger partial charge in [-0.1, -0.05) is 54.6 Å². The highest BCUT2D eigenvalue weighted by atomic mass is 32.3. The highest BCUT2D eigenvalue weighted by Gasteiger charge is 2.54. The lowest BCUT2D eigenvalue weighted by molar-refractivity contribution is -0.0496. The Morgan fingerprint density at radius 1 is 0.397 bits per heavy atom. The van der Waals surface area contributed by atoms with Crippen molar-refractivity contribution in [2.45, 2.75) is 131 Å². The summed E-state index contributed by atoms with van der Waals surface area (Å²) in [5.74, 6) is -0.000702. The van der Waals surface area contributed by atoms with Gasteiger partial charge in [0.1, 0.15) is 45.4 Å². The molecule has 15 nitrogen and oxygen atoms in total. The number of benzene rings is 6. The minimum absolute atomic E-state index is 0.0809. The van der Waals surface area contributed by atoms with Crippen molar-refractivity contribution >= 4 is 45.0 Å². The molecule has 0 amide bonds. The summed E-state index contributed by atoms with van der Waals surface area (Å²) in [6.45, 7) is 19.8. The summed E-state index contributed by atoms with van der Waals surface area (Å²) in [5, 5.41) is 0. The number of rotatable bonds is 11. The van der Waals surface area contributed by atoms with Gasteiger partial charge < -0.3 is 37.9 Å². The molecule has 6 aromatic rings. The van der Waals surface area contributed by atoms with Crippen LogP contribution in [-0.4, -0.2) is 61.0 Å². The molecule has 78 heavy (non-hydrogen) atoms. The molecule has 6 aromatic carbocycles. The second-order valence-corrected chi connectivity index (χ2v) is 26.2. The summed E-state index contributed by atoms with van der Waals surface area (Å²) in [5.41, 5.74) is -7.67. The molecule has 0 atom stereocenters. The van der Waals surface area contributed by atoms with Crippen molar-refractivity contribution in [2.24, 2.45) is 0 Å². The Morgan fingerprint density at radius 2 is 0.705 bits per heavy atom. The van der Waals surface area contributed by atoms with Crippen LogP contribution in [0.1, 0.15) is 105 Å². The van der Waals surface area contributed by atoms with Gasteiger partial charge in [-0.15, -0.1) is 0 Å². The van der Waals surface area contributed by atoms with E-state index in [0.29, 0.717) is 33.4 Å². The predicted molar refractivity (Wildman–Crippen MR) is 283 cm³/mol. The molecule has 0 saturated carbocycles. The zero-order valence-corrected chi connectivity index (χ0v) is 46.5. The summed E-state index contributed by atoms with van der Waals surface area (Å²) in [7, 11) is -10.7. The highest BCUT2D eigenvalue weighted by molar-refractivity contribution is 8.33. The molecule has 0 heterocycles. The third kappa shape index (κ3) is 13.2. The van der Waals surface area contributed by atoms with Gasteiger partial charge in [0.05, 0.1) is 5.41 Å². The largest absolute Gasteiger partial charge is 0.524 e. The maximum atomic E-state index is 15.0. The van der Waals surface area contributed by atoms with Crippen LogP contribution in [0.2, 0.25) is 0 Å². The first-order chi connectivity index (χ1) is 36.1. The monoisotopic (exact) mass is 1120 g/mol. The number of carbonyl (C=O) groups excluding carboxylic acids is 4. The van der Waals surface area contributed by atoms with E-state index in [1.54, 1.807) is 156 Å². The first-order valence-corrected chi connectivity index (χ1v) is 27.2. The maximum absolute atomic E-state index is 15.0. The standard InChI is InChI=1S/C58H59F3O15S2/c1-53(2,3)72-49(62)68-38-21-17-36(18-22-38)57(37-19-23-39(24-20-37)69-50(63)73-54(4,5)6)47-16-14-13-15-45(47)46-34-33-44(35-48(46)57)77(76-78(66,67)58(59,60)61,42-29-25-40(26-30-42)70-51(64)74-55(7,8)9)43-31-27-41(28-32-43)71-52(65)75-56(10,11)12/h13-35H,1-12H3. The van der Waals surface area contributed by atoms with Gasteiger partial charge in [-0.25, -0.2) is 19.2 Å². The van der Waals surface area contributed by atoms with E-state index in [1.165, 1.54) is 54.6 Å². The summed E-state index contributed by atoms with van der Waals surface area (Å²) < 4.78 is 122. The lowest BCUT2D eigenvalue weighted by Crippen LogP contribution is -2.30. The smallest absolute Gasteiger partial charge is 0.428 e. The second kappa shape index (κ2) is 21.4. The molecule has 0 unspecified atom stereocenters. The molecule has 1 aliphatic carbocycles. The van der Waals surface area contributed by atoms with E-state index in [0.717, 1.165) is 0 Å². The molecule has 1 aliphatic rings. The van der Waals surface area contributed by atoms with E-state index in [2.05, 4.69) is 0 Å². The molecule has 414 valence electrons. The van der Waals surface area contributed by atoms with Gasteiger partial charge in [-0.2, -0.15) is 25.2 Å². The van der Waals surface area contributed by atoms with Gasteiger partial charge in [0.25, 0.3) is 0 Å². The topological polar surface area (TPSA) is 185 Å².